The van der Waals surface area contributed by atoms with Gasteiger partial charge in [0.15, 0.2) is 0 Å². The van der Waals surface area contributed by atoms with Crippen LogP contribution in [0.4, 0.5) is 0 Å². The van der Waals surface area contributed by atoms with Gasteiger partial charge in [-0.15, -0.1) is 11.6 Å². The van der Waals surface area contributed by atoms with E-state index < -0.39 is 0 Å². The molecule has 0 spiro atoms. The zero-order chi connectivity index (χ0) is 14.1. The van der Waals surface area contributed by atoms with Gasteiger partial charge >= 0.3 is 0 Å². The molecule has 0 atom stereocenters. The van der Waals surface area contributed by atoms with Crippen molar-refractivity contribution in [3.63, 3.8) is 0 Å². The fraction of sp³-hybridized carbons (Fsp3) is 0.133. The first-order valence-electron chi connectivity index (χ1n) is 6.13. The smallest absolute Gasteiger partial charge is 0.125 e. The highest BCUT2D eigenvalue weighted by atomic mass is 35.5. The fourth-order valence-electron chi connectivity index (χ4n) is 2.26. The van der Waals surface area contributed by atoms with Crippen molar-refractivity contribution in [1.82, 2.24) is 9.55 Å². The molecule has 0 aliphatic carbocycles. The van der Waals surface area contributed by atoms with E-state index >= 15 is 0 Å². The van der Waals surface area contributed by atoms with Crippen LogP contribution in [0, 0.1) is 0 Å². The molecule has 3 rings (SSSR count). The summed E-state index contributed by atoms with van der Waals surface area (Å²) in [7, 11) is 0. The second-order valence-electron chi connectivity index (χ2n) is 4.49. The standard InChI is InChI=1S/C15H11Cl3N2/c16-8-14-19-15-12(18)5-2-6-13(15)20(14)9-10-3-1-4-11(17)7-10/h1-7H,8-9H2. The van der Waals surface area contributed by atoms with E-state index in [4.69, 9.17) is 34.8 Å². The first-order chi connectivity index (χ1) is 9.69. The monoisotopic (exact) mass is 324 g/mol. The van der Waals surface area contributed by atoms with Crippen molar-refractivity contribution >= 4 is 45.8 Å². The van der Waals surface area contributed by atoms with Crippen LogP contribution < -0.4 is 0 Å². The highest BCUT2D eigenvalue weighted by Gasteiger charge is 2.12. The molecule has 0 unspecified atom stereocenters. The summed E-state index contributed by atoms with van der Waals surface area (Å²) >= 11 is 18.2. The molecule has 0 radical (unpaired) electrons. The van der Waals surface area contributed by atoms with Gasteiger partial charge < -0.3 is 4.57 Å². The lowest BCUT2D eigenvalue weighted by molar-refractivity contribution is 0.779. The van der Waals surface area contributed by atoms with Gasteiger partial charge in [0.05, 0.1) is 16.4 Å². The molecule has 0 aliphatic heterocycles. The van der Waals surface area contributed by atoms with Crippen molar-refractivity contribution in [1.29, 1.82) is 0 Å². The summed E-state index contributed by atoms with van der Waals surface area (Å²) in [5.41, 5.74) is 2.86. The third-order valence-electron chi connectivity index (χ3n) is 3.16. The number of para-hydroxylation sites is 1. The highest BCUT2D eigenvalue weighted by Crippen LogP contribution is 2.25. The summed E-state index contributed by atoms with van der Waals surface area (Å²) in [5.74, 6) is 1.14. The average Bonchev–Trinajstić information content (AvgIpc) is 2.79. The lowest BCUT2D eigenvalue weighted by atomic mass is 10.2. The van der Waals surface area contributed by atoms with Gasteiger partial charge in [-0.1, -0.05) is 41.4 Å². The zero-order valence-corrected chi connectivity index (χ0v) is 12.8. The van der Waals surface area contributed by atoms with Crippen LogP contribution in [0.2, 0.25) is 10.0 Å². The van der Waals surface area contributed by atoms with Crippen LogP contribution >= 0.6 is 34.8 Å². The predicted octanol–water partition coefficient (Wildman–Crippen LogP) is 5.13. The van der Waals surface area contributed by atoms with Gasteiger partial charge in [-0.25, -0.2) is 4.98 Å². The molecular formula is C15H11Cl3N2. The predicted molar refractivity (Wildman–Crippen MR) is 84.9 cm³/mol. The van der Waals surface area contributed by atoms with E-state index in [9.17, 15) is 0 Å². The van der Waals surface area contributed by atoms with E-state index in [1.807, 2.05) is 42.5 Å². The van der Waals surface area contributed by atoms with E-state index in [1.54, 1.807) is 0 Å². The second-order valence-corrected chi connectivity index (χ2v) is 5.60. The highest BCUT2D eigenvalue weighted by molar-refractivity contribution is 6.35. The van der Waals surface area contributed by atoms with Crippen LogP contribution in [0.3, 0.4) is 0 Å². The fourth-order valence-corrected chi connectivity index (χ4v) is 2.89. The molecule has 2 nitrogen and oxygen atoms in total. The van der Waals surface area contributed by atoms with Gasteiger partial charge in [-0.3, -0.25) is 0 Å². The summed E-state index contributed by atoms with van der Waals surface area (Å²) in [4.78, 5) is 4.52. The Kier molecular flexibility index (Phi) is 3.88. The zero-order valence-electron chi connectivity index (χ0n) is 10.5. The van der Waals surface area contributed by atoms with Gasteiger partial charge in [0, 0.05) is 11.6 Å². The van der Waals surface area contributed by atoms with Crippen LogP contribution in [0.15, 0.2) is 42.5 Å². The minimum absolute atomic E-state index is 0.339. The number of rotatable bonds is 3. The molecule has 5 heteroatoms. The summed E-state index contributed by atoms with van der Waals surface area (Å²) in [5, 5.41) is 1.36. The Bertz CT molecular complexity index is 765. The van der Waals surface area contributed by atoms with Crippen LogP contribution in [0.1, 0.15) is 11.4 Å². The van der Waals surface area contributed by atoms with Crippen molar-refractivity contribution in [2.75, 3.05) is 0 Å². The molecule has 0 saturated carbocycles. The normalized spacial score (nSPS) is 11.2. The molecule has 0 amide bonds. The molecule has 0 saturated heterocycles. The maximum atomic E-state index is 6.19. The van der Waals surface area contributed by atoms with Gasteiger partial charge in [-0.2, -0.15) is 0 Å². The van der Waals surface area contributed by atoms with E-state index in [0.29, 0.717) is 17.4 Å². The van der Waals surface area contributed by atoms with Gasteiger partial charge in [-0.05, 0) is 29.8 Å². The first-order valence-corrected chi connectivity index (χ1v) is 7.42. The molecule has 0 aliphatic rings. The molecule has 3 aromatic rings. The van der Waals surface area contributed by atoms with Crippen molar-refractivity contribution in [2.24, 2.45) is 0 Å². The number of hydrogen-bond donors (Lipinski definition) is 0. The molecule has 0 fully saturated rings. The Morgan fingerprint density at radius 1 is 1.05 bits per heavy atom. The van der Waals surface area contributed by atoms with Gasteiger partial charge in [0.25, 0.3) is 0 Å². The van der Waals surface area contributed by atoms with Crippen molar-refractivity contribution in [2.45, 2.75) is 12.4 Å². The van der Waals surface area contributed by atoms with Crippen LogP contribution in [0.5, 0.6) is 0 Å². The molecule has 0 bridgehead atoms. The number of halogens is 3. The molecular weight excluding hydrogens is 315 g/mol. The number of hydrogen-bond acceptors (Lipinski definition) is 1. The third-order valence-corrected chi connectivity index (χ3v) is 3.94. The summed E-state index contributed by atoms with van der Waals surface area (Å²) < 4.78 is 2.07. The Hall–Kier alpha value is -1.22. The Morgan fingerprint density at radius 2 is 1.85 bits per heavy atom. The SMILES string of the molecule is ClCc1nc2c(Cl)cccc2n1Cc1cccc(Cl)c1. The van der Waals surface area contributed by atoms with Gasteiger partial charge in [0.2, 0.25) is 0 Å². The van der Waals surface area contributed by atoms with Crippen molar-refractivity contribution < 1.29 is 0 Å². The van der Waals surface area contributed by atoms with E-state index in [-0.39, 0.29) is 0 Å². The Balaban J connectivity index is 2.12. The number of fused-ring (bicyclic) bond motifs is 1. The lowest BCUT2D eigenvalue weighted by Gasteiger charge is -2.08. The largest absolute Gasteiger partial charge is 0.322 e. The number of nitrogens with zero attached hydrogens (tertiary/aromatic N) is 2. The number of alkyl halides is 1. The number of benzene rings is 2. The van der Waals surface area contributed by atoms with Crippen LogP contribution in [0.25, 0.3) is 11.0 Å². The van der Waals surface area contributed by atoms with Crippen LogP contribution in [-0.2, 0) is 12.4 Å². The molecule has 1 aromatic heterocycles. The number of aromatic nitrogens is 2. The topological polar surface area (TPSA) is 17.8 Å². The van der Waals surface area contributed by atoms with E-state index in [1.165, 1.54) is 0 Å². The van der Waals surface area contributed by atoms with Crippen LogP contribution in [-0.4, -0.2) is 9.55 Å². The Morgan fingerprint density at radius 3 is 2.60 bits per heavy atom. The second kappa shape index (κ2) is 5.65. The van der Waals surface area contributed by atoms with E-state index in [0.717, 1.165) is 27.4 Å². The minimum atomic E-state index is 0.339. The molecule has 102 valence electrons. The van der Waals surface area contributed by atoms with Crippen molar-refractivity contribution in [3.05, 3.63) is 63.9 Å². The van der Waals surface area contributed by atoms with E-state index in [2.05, 4.69) is 9.55 Å². The lowest BCUT2D eigenvalue weighted by Crippen LogP contribution is -2.03. The Labute approximate surface area is 131 Å². The maximum absolute atomic E-state index is 6.19. The minimum Gasteiger partial charge on any atom is -0.322 e. The molecule has 1 heterocycles. The molecule has 0 N–H and O–H groups in total. The molecule has 2 aromatic carbocycles. The quantitative estimate of drug-likeness (QED) is 0.610. The maximum Gasteiger partial charge on any atom is 0.125 e. The van der Waals surface area contributed by atoms with Crippen molar-refractivity contribution in [3.8, 4) is 0 Å². The average molecular weight is 326 g/mol. The van der Waals surface area contributed by atoms with Gasteiger partial charge in [0.1, 0.15) is 11.3 Å². The summed E-state index contributed by atoms with van der Waals surface area (Å²) in [6.45, 7) is 0.666. The number of imidazole rings is 1. The summed E-state index contributed by atoms with van der Waals surface area (Å²) in [6, 6.07) is 13.5. The first kappa shape index (κ1) is 13.7. The molecule has 20 heavy (non-hydrogen) atoms. The summed E-state index contributed by atoms with van der Waals surface area (Å²) in [6.07, 6.45) is 0. The third kappa shape index (κ3) is 2.51.